The Hall–Kier alpha value is -1.02. The average molecular weight is 238 g/mol. The number of halogens is 7. The van der Waals surface area contributed by atoms with Gasteiger partial charge in [0.1, 0.15) is 0 Å². The number of hydrogen-bond acceptors (Lipinski definition) is 2. The molecular formula is C6H5F7N2. The second-order valence-corrected chi connectivity index (χ2v) is 2.80. The maximum absolute atomic E-state index is 12.7. The molecule has 1 rings (SSSR count). The molecule has 0 aliphatic carbocycles. The highest BCUT2D eigenvalue weighted by atomic mass is 19.4. The lowest BCUT2D eigenvalue weighted by Gasteiger charge is -2.27. The maximum atomic E-state index is 12.7. The van der Waals surface area contributed by atoms with Crippen LogP contribution in [0.15, 0.2) is 4.99 Å². The van der Waals surface area contributed by atoms with E-state index in [2.05, 4.69) is 4.99 Å². The predicted molar refractivity (Wildman–Crippen MR) is 36.3 cm³/mol. The predicted octanol–water partition coefficient (Wildman–Crippen LogP) is 1.82. The Morgan fingerprint density at radius 1 is 1.00 bits per heavy atom. The van der Waals surface area contributed by atoms with Crippen LogP contribution < -0.4 is 5.32 Å². The highest BCUT2D eigenvalue weighted by Crippen LogP contribution is 2.46. The number of alkyl halides is 7. The molecule has 0 radical (unpaired) electrons. The van der Waals surface area contributed by atoms with Gasteiger partial charge >= 0.3 is 18.0 Å². The molecular weight excluding hydrogens is 233 g/mol. The molecule has 9 heteroatoms. The zero-order valence-electron chi connectivity index (χ0n) is 7.01. The molecule has 2 nitrogen and oxygen atoms in total. The van der Waals surface area contributed by atoms with Crippen molar-refractivity contribution in [2.45, 2.75) is 18.0 Å². The van der Waals surface area contributed by atoms with Crippen LogP contribution >= 0.6 is 0 Å². The van der Waals surface area contributed by atoms with E-state index in [-0.39, 0.29) is 13.1 Å². The number of nitrogens with zero attached hydrogens (tertiary/aromatic N) is 1. The molecule has 1 N–H and O–H groups in total. The number of nitrogens with one attached hydrogen (secondary N) is 1. The molecule has 0 atom stereocenters. The van der Waals surface area contributed by atoms with Gasteiger partial charge in [-0.2, -0.15) is 30.7 Å². The molecule has 0 bridgehead atoms. The van der Waals surface area contributed by atoms with Gasteiger partial charge < -0.3 is 5.32 Å². The van der Waals surface area contributed by atoms with Crippen LogP contribution in [0.2, 0.25) is 0 Å². The minimum atomic E-state index is -6.32. The molecule has 0 spiro atoms. The van der Waals surface area contributed by atoms with Gasteiger partial charge in [0.2, 0.25) is 0 Å². The normalized spacial score (nSPS) is 18.7. The summed E-state index contributed by atoms with van der Waals surface area (Å²) >= 11 is 0. The van der Waals surface area contributed by atoms with Crippen molar-refractivity contribution >= 4 is 5.84 Å². The third kappa shape index (κ3) is 1.74. The van der Waals surface area contributed by atoms with Gasteiger partial charge in [-0.3, -0.25) is 4.99 Å². The number of rotatable bonds is 2. The number of amidine groups is 1. The van der Waals surface area contributed by atoms with Gasteiger partial charge in [0, 0.05) is 6.54 Å². The van der Waals surface area contributed by atoms with Crippen molar-refractivity contribution in [1.29, 1.82) is 0 Å². The van der Waals surface area contributed by atoms with Gasteiger partial charge in [-0.15, -0.1) is 0 Å². The quantitative estimate of drug-likeness (QED) is 0.729. The van der Waals surface area contributed by atoms with Crippen molar-refractivity contribution < 1.29 is 30.7 Å². The first-order chi connectivity index (χ1) is 6.61. The average Bonchev–Trinajstić information content (AvgIpc) is 2.53. The van der Waals surface area contributed by atoms with E-state index in [0.29, 0.717) is 0 Å². The first-order valence-corrected chi connectivity index (χ1v) is 3.72. The lowest BCUT2D eigenvalue weighted by molar-refractivity contribution is -0.336. The van der Waals surface area contributed by atoms with E-state index in [9.17, 15) is 30.7 Å². The van der Waals surface area contributed by atoms with Crippen LogP contribution in [0.4, 0.5) is 30.7 Å². The SMILES string of the molecule is FC(F)(F)C(F)(F)C(F)(F)C1=NCCN1. The molecule has 1 heterocycles. The van der Waals surface area contributed by atoms with E-state index in [4.69, 9.17) is 0 Å². The van der Waals surface area contributed by atoms with Crippen molar-refractivity contribution in [2.75, 3.05) is 13.1 Å². The Balaban J connectivity index is 3.04. The van der Waals surface area contributed by atoms with Crippen molar-refractivity contribution in [2.24, 2.45) is 4.99 Å². The fraction of sp³-hybridized carbons (Fsp3) is 0.833. The van der Waals surface area contributed by atoms with Crippen LogP contribution in [0.5, 0.6) is 0 Å². The summed E-state index contributed by atoms with van der Waals surface area (Å²) < 4.78 is 85.2. The molecule has 0 saturated carbocycles. The van der Waals surface area contributed by atoms with Gasteiger partial charge in [0.15, 0.2) is 5.84 Å². The molecule has 0 fully saturated rings. The summed E-state index contributed by atoms with van der Waals surface area (Å²) in [6, 6.07) is 0. The van der Waals surface area contributed by atoms with Crippen LogP contribution in [-0.4, -0.2) is 36.9 Å². The first kappa shape index (κ1) is 12.1. The molecule has 15 heavy (non-hydrogen) atoms. The van der Waals surface area contributed by atoms with Crippen molar-refractivity contribution in [3.8, 4) is 0 Å². The van der Waals surface area contributed by atoms with E-state index in [1.807, 2.05) is 0 Å². The minimum Gasteiger partial charge on any atom is -0.367 e. The molecule has 88 valence electrons. The summed E-state index contributed by atoms with van der Waals surface area (Å²) in [6.45, 7) is -0.433. The number of aliphatic imine (C=N–C) groups is 1. The van der Waals surface area contributed by atoms with E-state index in [1.165, 1.54) is 0 Å². The van der Waals surface area contributed by atoms with E-state index in [0.717, 1.165) is 0 Å². The first-order valence-electron chi connectivity index (χ1n) is 3.72. The Morgan fingerprint density at radius 2 is 1.53 bits per heavy atom. The van der Waals surface area contributed by atoms with Crippen LogP contribution in [0.3, 0.4) is 0 Å². The van der Waals surface area contributed by atoms with Crippen molar-refractivity contribution in [3.63, 3.8) is 0 Å². The second kappa shape index (κ2) is 3.24. The Labute approximate surface area is 79.2 Å². The fourth-order valence-corrected chi connectivity index (χ4v) is 0.935. The molecule has 1 aliphatic rings. The van der Waals surface area contributed by atoms with Gasteiger partial charge in [-0.05, 0) is 0 Å². The highest BCUT2D eigenvalue weighted by Gasteiger charge is 2.75. The second-order valence-electron chi connectivity index (χ2n) is 2.80. The van der Waals surface area contributed by atoms with E-state index < -0.39 is 23.9 Å². The molecule has 0 unspecified atom stereocenters. The summed E-state index contributed by atoms with van der Waals surface area (Å²) in [5.74, 6) is -13.1. The molecule has 0 aromatic carbocycles. The minimum absolute atomic E-state index is 0.182. The van der Waals surface area contributed by atoms with Gasteiger partial charge in [-0.1, -0.05) is 0 Å². The summed E-state index contributed by atoms with van der Waals surface area (Å²) in [5.41, 5.74) is 0. The lowest BCUT2D eigenvalue weighted by atomic mass is 10.1. The third-order valence-electron chi connectivity index (χ3n) is 1.72. The molecule has 0 saturated heterocycles. The van der Waals surface area contributed by atoms with E-state index in [1.54, 1.807) is 5.32 Å². The number of hydrogen-bond donors (Lipinski definition) is 1. The highest BCUT2D eigenvalue weighted by molar-refractivity contribution is 5.91. The van der Waals surface area contributed by atoms with Crippen LogP contribution in [-0.2, 0) is 0 Å². The van der Waals surface area contributed by atoms with Crippen LogP contribution in [0.1, 0.15) is 0 Å². The lowest BCUT2D eigenvalue weighted by Crippen LogP contribution is -2.58. The van der Waals surface area contributed by atoms with Crippen molar-refractivity contribution in [1.82, 2.24) is 5.32 Å². The van der Waals surface area contributed by atoms with Gasteiger partial charge in [0.25, 0.3) is 0 Å². The Bertz CT molecular complexity index is 280. The fourth-order valence-electron chi connectivity index (χ4n) is 0.935. The Morgan fingerprint density at radius 3 is 1.87 bits per heavy atom. The zero-order chi connectivity index (χ0) is 11.9. The summed E-state index contributed by atoms with van der Waals surface area (Å²) in [5, 5.41) is 1.70. The largest absolute Gasteiger partial charge is 0.460 e. The summed E-state index contributed by atoms with van der Waals surface area (Å²) in [4.78, 5) is 2.86. The van der Waals surface area contributed by atoms with Gasteiger partial charge in [0.05, 0.1) is 6.54 Å². The maximum Gasteiger partial charge on any atom is 0.460 e. The molecule has 0 aromatic rings. The summed E-state index contributed by atoms with van der Waals surface area (Å²) in [6.07, 6.45) is -6.32. The summed E-state index contributed by atoms with van der Waals surface area (Å²) in [7, 11) is 0. The van der Waals surface area contributed by atoms with Crippen LogP contribution in [0.25, 0.3) is 0 Å². The Kier molecular flexibility index (Phi) is 2.60. The molecule has 1 aliphatic heterocycles. The van der Waals surface area contributed by atoms with E-state index >= 15 is 0 Å². The smallest absolute Gasteiger partial charge is 0.367 e. The van der Waals surface area contributed by atoms with Crippen molar-refractivity contribution in [3.05, 3.63) is 0 Å². The third-order valence-corrected chi connectivity index (χ3v) is 1.72. The van der Waals surface area contributed by atoms with Gasteiger partial charge in [-0.25, -0.2) is 0 Å². The van der Waals surface area contributed by atoms with Crippen LogP contribution in [0, 0.1) is 0 Å². The monoisotopic (exact) mass is 238 g/mol. The zero-order valence-corrected chi connectivity index (χ0v) is 7.01. The molecule has 0 aromatic heterocycles. The standard InChI is InChI=1S/C6H5F7N2/c7-4(8,3-14-1-2-15-3)5(9,10)6(11,12)13/h1-2H2,(H,14,15). The topological polar surface area (TPSA) is 24.4 Å². The molecule has 0 amide bonds.